The first-order valence-corrected chi connectivity index (χ1v) is 12.7. The zero-order valence-electron chi connectivity index (χ0n) is 20.2. The summed E-state index contributed by atoms with van der Waals surface area (Å²) in [7, 11) is 0. The first-order valence-electron chi connectivity index (χ1n) is 11.9. The van der Waals surface area contributed by atoms with E-state index in [4.69, 9.17) is 0 Å². The fraction of sp³-hybridized carbons (Fsp3) is 0.138. The molecule has 0 bridgehead atoms. The van der Waals surface area contributed by atoms with E-state index in [1.54, 1.807) is 6.92 Å². The van der Waals surface area contributed by atoms with E-state index in [-0.39, 0.29) is 5.78 Å². The van der Waals surface area contributed by atoms with Crippen LogP contribution in [0.1, 0.15) is 30.4 Å². The van der Waals surface area contributed by atoms with E-state index in [0.717, 1.165) is 65.3 Å². The number of fused-ring (bicyclic) bond motifs is 2. The summed E-state index contributed by atoms with van der Waals surface area (Å²) in [6.07, 6.45) is 3.73. The number of benzene rings is 2. The molecule has 0 aliphatic carbocycles. The second-order valence-electron chi connectivity index (χ2n) is 9.26. The number of pyridine rings is 1. The van der Waals surface area contributed by atoms with Crippen molar-refractivity contribution in [3.05, 3.63) is 77.9 Å². The van der Waals surface area contributed by atoms with Gasteiger partial charge in [-0.05, 0) is 68.8 Å². The summed E-state index contributed by atoms with van der Waals surface area (Å²) in [4.78, 5) is 21.6. The van der Waals surface area contributed by atoms with Gasteiger partial charge >= 0.3 is 0 Å². The van der Waals surface area contributed by atoms with Crippen molar-refractivity contribution in [2.24, 2.45) is 0 Å². The number of anilines is 1. The Labute approximate surface area is 212 Å². The zero-order chi connectivity index (χ0) is 24.8. The van der Waals surface area contributed by atoms with Gasteiger partial charge in [-0.1, -0.05) is 18.2 Å². The minimum atomic E-state index is 0.0905. The summed E-state index contributed by atoms with van der Waals surface area (Å²) in [5.41, 5.74) is 8.05. The number of aromatic amines is 2. The highest BCUT2D eigenvalue weighted by Gasteiger charge is 2.16. The minimum absolute atomic E-state index is 0.0905. The van der Waals surface area contributed by atoms with Gasteiger partial charge in [-0.15, -0.1) is 11.3 Å². The van der Waals surface area contributed by atoms with Gasteiger partial charge in [-0.3, -0.25) is 14.9 Å². The maximum Gasteiger partial charge on any atom is 0.169 e. The lowest BCUT2D eigenvalue weighted by atomic mass is 10.0. The van der Waals surface area contributed by atoms with E-state index in [1.165, 1.54) is 11.3 Å². The van der Waals surface area contributed by atoms with E-state index in [9.17, 15) is 4.79 Å². The van der Waals surface area contributed by atoms with Gasteiger partial charge in [0.15, 0.2) is 5.78 Å². The third-order valence-corrected chi connectivity index (χ3v) is 7.45. The number of nitrogens with one attached hydrogen (secondary N) is 3. The van der Waals surface area contributed by atoms with Crippen LogP contribution in [0.4, 0.5) is 5.69 Å². The Morgan fingerprint density at radius 3 is 2.64 bits per heavy atom. The lowest BCUT2D eigenvalue weighted by Crippen LogP contribution is -2.09. The van der Waals surface area contributed by atoms with Gasteiger partial charge < -0.3 is 10.3 Å². The van der Waals surface area contributed by atoms with Crippen molar-refractivity contribution in [2.75, 3.05) is 5.32 Å². The van der Waals surface area contributed by atoms with Crippen LogP contribution in [0.25, 0.3) is 54.8 Å². The molecular weight excluding hydrogens is 466 g/mol. The fourth-order valence-corrected chi connectivity index (χ4v) is 5.52. The van der Waals surface area contributed by atoms with Crippen LogP contribution in [0.15, 0.2) is 73.1 Å². The summed E-state index contributed by atoms with van der Waals surface area (Å²) in [6.45, 7) is 5.83. The van der Waals surface area contributed by atoms with Crippen LogP contribution in [0, 0.1) is 0 Å². The van der Waals surface area contributed by atoms with Crippen molar-refractivity contribution < 1.29 is 4.79 Å². The quantitative estimate of drug-likeness (QED) is 0.210. The summed E-state index contributed by atoms with van der Waals surface area (Å²) in [5, 5.41) is 13.4. The van der Waals surface area contributed by atoms with E-state index < -0.39 is 0 Å². The van der Waals surface area contributed by atoms with Crippen molar-refractivity contribution in [1.29, 1.82) is 0 Å². The van der Waals surface area contributed by atoms with Gasteiger partial charge in [0.05, 0.1) is 21.8 Å². The van der Waals surface area contributed by atoms with Crippen LogP contribution >= 0.6 is 11.3 Å². The van der Waals surface area contributed by atoms with Crippen molar-refractivity contribution in [2.45, 2.75) is 26.8 Å². The molecule has 4 aromatic heterocycles. The molecule has 178 valence electrons. The zero-order valence-corrected chi connectivity index (χ0v) is 21.0. The molecule has 6 aromatic rings. The highest BCUT2D eigenvalue weighted by Crippen LogP contribution is 2.37. The third kappa shape index (κ3) is 3.97. The van der Waals surface area contributed by atoms with Crippen LogP contribution in [-0.4, -0.2) is 32.0 Å². The number of thiophene rings is 1. The molecular formula is C29H25N5OS. The molecule has 0 saturated carbocycles. The van der Waals surface area contributed by atoms with Gasteiger partial charge in [0, 0.05) is 50.7 Å². The Balaban J connectivity index is 1.43. The summed E-state index contributed by atoms with van der Waals surface area (Å²) in [5.74, 6) is 0.0905. The molecule has 0 unspecified atom stereocenters. The average molecular weight is 492 g/mol. The average Bonchev–Trinajstić information content (AvgIpc) is 3.60. The molecule has 6 rings (SSSR count). The molecule has 0 aliphatic heterocycles. The lowest BCUT2D eigenvalue weighted by Gasteiger charge is -2.11. The third-order valence-electron chi connectivity index (χ3n) is 6.23. The van der Waals surface area contributed by atoms with Gasteiger partial charge in [0.25, 0.3) is 0 Å². The Kier molecular flexibility index (Phi) is 5.42. The topological polar surface area (TPSA) is 86.5 Å². The maximum atomic E-state index is 11.8. The molecule has 0 saturated heterocycles. The summed E-state index contributed by atoms with van der Waals surface area (Å²) >= 11 is 1.53. The number of aromatic nitrogens is 4. The lowest BCUT2D eigenvalue weighted by molar-refractivity contribution is 0.102. The first kappa shape index (κ1) is 22.2. The van der Waals surface area contributed by atoms with Crippen molar-refractivity contribution in [1.82, 2.24) is 20.2 Å². The van der Waals surface area contributed by atoms with E-state index in [1.807, 2.05) is 30.6 Å². The second-order valence-corrected chi connectivity index (χ2v) is 10.3. The van der Waals surface area contributed by atoms with Crippen LogP contribution in [0.2, 0.25) is 0 Å². The molecule has 36 heavy (non-hydrogen) atoms. The predicted octanol–water partition coefficient (Wildman–Crippen LogP) is 7.52. The number of hydrogen-bond acceptors (Lipinski definition) is 5. The molecule has 7 heteroatoms. The van der Waals surface area contributed by atoms with Crippen LogP contribution in [0.3, 0.4) is 0 Å². The molecule has 0 spiro atoms. The molecule has 2 aromatic carbocycles. The molecule has 6 nitrogen and oxygen atoms in total. The molecule has 0 amide bonds. The Bertz CT molecular complexity index is 1740. The Hall–Kier alpha value is -4.23. The number of Topliss-reactive ketones (excluding diaryl/α,β-unsaturated/α-hetero) is 1. The van der Waals surface area contributed by atoms with Gasteiger partial charge in [0.1, 0.15) is 5.69 Å². The number of H-pyrrole nitrogens is 2. The normalized spacial score (nSPS) is 11.6. The summed E-state index contributed by atoms with van der Waals surface area (Å²) < 4.78 is 0. The second kappa shape index (κ2) is 8.77. The molecule has 0 radical (unpaired) electrons. The van der Waals surface area contributed by atoms with Gasteiger partial charge in [0.2, 0.25) is 0 Å². The van der Waals surface area contributed by atoms with Crippen LogP contribution in [0.5, 0.6) is 0 Å². The Morgan fingerprint density at radius 1 is 0.944 bits per heavy atom. The number of carbonyl (C=O) groups excluding carboxylic acids is 1. The van der Waals surface area contributed by atoms with E-state index in [2.05, 4.69) is 81.8 Å². The molecule has 3 N–H and O–H groups in total. The number of carbonyl (C=O) groups is 1. The van der Waals surface area contributed by atoms with Crippen molar-refractivity contribution in [3.8, 4) is 33.0 Å². The van der Waals surface area contributed by atoms with Gasteiger partial charge in [-0.2, -0.15) is 5.10 Å². The van der Waals surface area contributed by atoms with E-state index >= 15 is 0 Å². The summed E-state index contributed by atoms with van der Waals surface area (Å²) in [6, 6.07) is 21.1. The first-order chi connectivity index (χ1) is 17.5. The largest absolute Gasteiger partial charge is 0.382 e. The standard InChI is InChI=1S/C29H25N5OS/c1-16(2)31-20-11-19(14-30-15-20)18-7-8-25-23(12-18)29(34-33-25)26-13-22-21(5-4-6-24(22)32-26)28-10-9-27(36-28)17(3)35/h4-16,31-32H,1-3H3,(H,33,34). The van der Waals surface area contributed by atoms with E-state index in [0.29, 0.717) is 6.04 Å². The smallest absolute Gasteiger partial charge is 0.169 e. The predicted molar refractivity (Wildman–Crippen MR) is 149 cm³/mol. The highest BCUT2D eigenvalue weighted by atomic mass is 32.1. The fourth-order valence-electron chi connectivity index (χ4n) is 4.58. The number of ketones is 1. The minimum Gasteiger partial charge on any atom is -0.382 e. The number of hydrogen-bond donors (Lipinski definition) is 3. The Morgan fingerprint density at radius 2 is 1.83 bits per heavy atom. The number of rotatable bonds is 6. The molecule has 0 atom stereocenters. The van der Waals surface area contributed by atoms with Crippen molar-refractivity contribution >= 4 is 44.6 Å². The van der Waals surface area contributed by atoms with Crippen LogP contribution < -0.4 is 5.32 Å². The SMILES string of the molecule is CC(=O)c1ccc(-c2cccc3[nH]c(-c4n[nH]c5ccc(-c6cncc(NC(C)C)c6)cc45)cc23)s1. The number of nitrogens with zero attached hydrogens (tertiary/aromatic N) is 2. The maximum absolute atomic E-state index is 11.8. The van der Waals surface area contributed by atoms with Gasteiger partial charge in [-0.25, -0.2) is 0 Å². The monoisotopic (exact) mass is 491 g/mol. The van der Waals surface area contributed by atoms with Crippen molar-refractivity contribution in [3.63, 3.8) is 0 Å². The molecule has 0 aliphatic rings. The molecule has 0 fully saturated rings. The van der Waals surface area contributed by atoms with Crippen LogP contribution in [-0.2, 0) is 0 Å². The molecule has 4 heterocycles. The highest BCUT2D eigenvalue weighted by molar-refractivity contribution is 7.17.